The largest absolute Gasteiger partial charge is 0.333 e. The van der Waals surface area contributed by atoms with Crippen molar-refractivity contribution in [3.05, 3.63) is 53.9 Å². The van der Waals surface area contributed by atoms with Crippen LogP contribution in [0.2, 0.25) is 0 Å². The Morgan fingerprint density at radius 1 is 1.24 bits per heavy atom. The Morgan fingerprint density at radius 2 is 1.95 bits per heavy atom. The average Bonchev–Trinajstić information content (AvgIpc) is 2.89. The van der Waals surface area contributed by atoms with Gasteiger partial charge in [0.15, 0.2) is 0 Å². The van der Waals surface area contributed by atoms with Gasteiger partial charge in [0.25, 0.3) is 0 Å². The van der Waals surface area contributed by atoms with Crippen molar-refractivity contribution >= 4 is 0 Å². The maximum absolute atomic E-state index is 13.1. The Kier molecular flexibility index (Phi) is 5.51. The van der Waals surface area contributed by atoms with Gasteiger partial charge in [0.05, 0.1) is 12.0 Å². The van der Waals surface area contributed by atoms with Crippen LogP contribution in [0.3, 0.4) is 0 Å². The summed E-state index contributed by atoms with van der Waals surface area (Å²) in [6.07, 6.45) is 4.88. The number of hydrogen-bond donors (Lipinski definition) is 1. The van der Waals surface area contributed by atoms with Crippen LogP contribution in [0.4, 0.5) is 4.39 Å². The SMILES string of the molecule is CCCn1cncc1CNC(c1ccc(F)cc1)C(C)C. The quantitative estimate of drug-likeness (QED) is 0.837. The predicted octanol–water partition coefficient (Wildman–Crippen LogP) is 3.92. The monoisotopic (exact) mass is 289 g/mol. The Bertz CT molecular complexity index is 545. The van der Waals surface area contributed by atoms with Crippen LogP contribution >= 0.6 is 0 Å². The Balaban J connectivity index is 2.06. The van der Waals surface area contributed by atoms with Gasteiger partial charge in [0.1, 0.15) is 5.82 Å². The highest BCUT2D eigenvalue weighted by atomic mass is 19.1. The van der Waals surface area contributed by atoms with Crippen LogP contribution in [-0.2, 0) is 13.1 Å². The third-order valence-corrected chi connectivity index (χ3v) is 3.66. The first-order valence-electron chi connectivity index (χ1n) is 7.59. The highest BCUT2D eigenvalue weighted by Gasteiger charge is 2.16. The molecule has 1 aromatic heterocycles. The number of rotatable bonds is 7. The van der Waals surface area contributed by atoms with Gasteiger partial charge in [0, 0.05) is 25.3 Å². The molecular formula is C17H24FN3. The zero-order chi connectivity index (χ0) is 15.2. The van der Waals surface area contributed by atoms with E-state index in [4.69, 9.17) is 0 Å². The van der Waals surface area contributed by atoms with Crippen LogP contribution in [0, 0.1) is 11.7 Å². The fourth-order valence-corrected chi connectivity index (χ4v) is 2.56. The minimum atomic E-state index is -0.192. The minimum Gasteiger partial charge on any atom is -0.333 e. The number of nitrogens with one attached hydrogen (secondary N) is 1. The van der Waals surface area contributed by atoms with E-state index in [1.165, 1.54) is 17.8 Å². The molecule has 0 spiro atoms. The molecule has 1 aromatic carbocycles. The van der Waals surface area contributed by atoms with Crippen LogP contribution in [0.25, 0.3) is 0 Å². The van der Waals surface area contributed by atoms with Gasteiger partial charge < -0.3 is 9.88 Å². The normalized spacial score (nSPS) is 12.8. The second-order valence-electron chi connectivity index (χ2n) is 5.73. The lowest BCUT2D eigenvalue weighted by atomic mass is 9.96. The van der Waals surface area contributed by atoms with E-state index in [1.807, 2.05) is 24.7 Å². The Hall–Kier alpha value is -1.68. The Morgan fingerprint density at radius 3 is 2.57 bits per heavy atom. The van der Waals surface area contributed by atoms with Crippen LogP contribution in [0.1, 0.15) is 44.5 Å². The summed E-state index contributed by atoms with van der Waals surface area (Å²) in [4.78, 5) is 4.22. The number of halogens is 1. The summed E-state index contributed by atoms with van der Waals surface area (Å²) in [6, 6.07) is 6.96. The lowest BCUT2D eigenvalue weighted by molar-refractivity contribution is 0.403. The number of aryl methyl sites for hydroxylation is 1. The summed E-state index contributed by atoms with van der Waals surface area (Å²) >= 11 is 0. The van der Waals surface area contributed by atoms with Crippen LogP contribution < -0.4 is 5.32 Å². The van der Waals surface area contributed by atoms with Crippen molar-refractivity contribution in [1.29, 1.82) is 0 Å². The van der Waals surface area contributed by atoms with Gasteiger partial charge in [-0.05, 0) is 30.0 Å². The van der Waals surface area contributed by atoms with E-state index in [0.717, 1.165) is 25.1 Å². The van der Waals surface area contributed by atoms with Crippen molar-refractivity contribution < 1.29 is 4.39 Å². The van der Waals surface area contributed by atoms with Crippen LogP contribution in [0.15, 0.2) is 36.8 Å². The molecule has 0 aliphatic heterocycles. The topological polar surface area (TPSA) is 29.9 Å². The molecule has 114 valence electrons. The van der Waals surface area contributed by atoms with E-state index >= 15 is 0 Å². The molecule has 0 radical (unpaired) electrons. The first-order valence-corrected chi connectivity index (χ1v) is 7.59. The van der Waals surface area contributed by atoms with E-state index in [9.17, 15) is 4.39 Å². The molecule has 21 heavy (non-hydrogen) atoms. The van der Waals surface area contributed by atoms with Crippen molar-refractivity contribution in [3.8, 4) is 0 Å². The van der Waals surface area contributed by atoms with Crippen LogP contribution in [-0.4, -0.2) is 9.55 Å². The number of imidazole rings is 1. The van der Waals surface area contributed by atoms with Gasteiger partial charge in [0.2, 0.25) is 0 Å². The third kappa shape index (κ3) is 4.14. The minimum absolute atomic E-state index is 0.192. The van der Waals surface area contributed by atoms with Gasteiger partial charge in [-0.15, -0.1) is 0 Å². The molecule has 0 fully saturated rings. The highest BCUT2D eigenvalue weighted by molar-refractivity contribution is 5.20. The molecule has 3 nitrogen and oxygen atoms in total. The number of benzene rings is 1. The second kappa shape index (κ2) is 7.36. The zero-order valence-corrected chi connectivity index (χ0v) is 13.0. The number of nitrogens with zero attached hydrogens (tertiary/aromatic N) is 2. The van der Waals surface area contributed by atoms with Crippen molar-refractivity contribution in [3.63, 3.8) is 0 Å². The standard InChI is InChI=1S/C17H24FN3/c1-4-9-21-12-19-10-16(21)11-20-17(13(2)3)14-5-7-15(18)8-6-14/h5-8,10,12-13,17,20H,4,9,11H2,1-3H3. The van der Waals surface area contributed by atoms with Gasteiger partial charge in [-0.2, -0.15) is 0 Å². The smallest absolute Gasteiger partial charge is 0.123 e. The summed E-state index contributed by atoms with van der Waals surface area (Å²) in [5, 5.41) is 3.57. The molecule has 0 aliphatic carbocycles. The molecule has 1 atom stereocenters. The lowest BCUT2D eigenvalue weighted by Crippen LogP contribution is -2.26. The first kappa shape index (κ1) is 15.7. The third-order valence-electron chi connectivity index (χ3n) is 3.66. The fourth-order valence-electron chi connectivity index (χ4n) is 2.56. The van der Waals surface area contributed by atoms with Crippen molar-refractivity contribution in [2.24, 2.45) is 5.92 Å². The van der Waals surface area contributed by atoms with Crippen LogP contribution in [0.5, 0.6) is 0 Å². The average molecular weight is 289 g/mol. The zero-order valence-electron chi connectivity index (χ0n) is 13.0. The van der Waals surface area contributed by atoms with Gasteiger partial charge in [-0.1, -0.05) is 32.9 Å². The molecule has 2 rings (SSSR count). The predicted molar refractivity (Wildman–Crippen MR) is 83.3 cm³/mol. The molecular weight excluding hydrogens is 265 g/mol. The molecule has 0 saturated heterocycles. The summed E-state index contributed by atoms with van der Waals surface area (Å²) in [7, 11) is 0. The molecule has 0 bridgehead atoms. The molecule has 1 N–H and O–H groups in total. The number of aromatic nitrogens is 2. The summed E-state index contributed by atoms with van der Waals surface area (Å²) < 4.78 is 15.2. The van der Waals surface area contributed by atoms with Gasteiger partial charge >= 0.3 is 0 Å². The van der Waals surface area contributed by atoms with E-state index in [-0.39, 0.29) is 11.9 Å². The molecule has 0 saturated carbocycles. The highest BCUT2D eigenvalue weighted by Crippen LogP contribution is 2.22. The number of hydrogen-bond acceptors (Lipinski definition) is 2. The Labute approximate surface area is 126 Å². The summed E-state index contributed by atoms with van der Waals surface area (Å²) in [5.74, 6) is 0.236. The lowest BCUT2D eigenvalue weighted by Gasteiger charge is -2.23. The van der Waals surface area contributed by atoms with E-state index in [0.29, 0.717) is 5.92 Å². The molecule has 1 unspecified atom stereocenters. The molecule has 2 aromatic rings. The fraction of sp³-hybridized carbons (Fsp3) is 0.471. The second-order valence-corrected chi connectivity index (χ2v) is 5.73. The summed E-state index contributed by atoms with van der Waals surface area (Å²) in [5.41, 5.74) is 2.30. The van der Waals surface area contributed by atoms with E-state index in [2.05, 4.69) is 35.6 Å². The molecule has 0 amide bonds. The van der Waals surface area contributed by atoms with Gasteiger partial charge in [-0.3, -0.25) is 0 Å². The maximum Gasteiger partial charge on any atom is 0.123 e. The van der Waals surface area contributed by atoms with E-state index < -0.39 is 0 Å². The van der Waals surface area contributed by atoms with Gasteiger partial charge in [-0.25, -0.2) is 9.37 Å². The van der Waals surface area contributed by atoms with Crippen molar-refractivity contribution in [2.75, 3.05) is 0 Å². The first-order chi connectivity index (χ1) is 10.1. The van der Waals surface area contributed by atoms with Crippen molar-refractivity contribution in [2.45, 2.75) is 46.3 Å². The van der Waals surface area contributed by atoms with E-state index in [1.54, 1.807) is 0 Å². The van der Waals surface area contributed by atoms with Crippen molar-refractivity contribution in [1.82, 2.24) is 14.9 Å². The maximum atomic E-state index is 13.1. The molecule has 4 heteroatoms. The summed E-state index contributed by atoms with van der Waals surface area (Å²) in [6.45, 7) is 8.25. The molecule has 1 heterocycles. The molecule has 0 aliphatic rings.